The minimum absolute atomic E-state index is 0.0975. The number of nitrogens with two attached hydrogens (primary N) is 1. The number of amides is 1. The Morgan fingerprint density at radius 1 is 1.10 bits per heavy atom. The number of primary amides is 1. The highest BCUT2D eigenvalue weighted by molar-refractivity contribution is 5.75. The van der Waals surface area contributed by atoms with Crippen molar-refractivity contribution in [2.75, 3.05) is 6.54 Å². The molecule has 0 unspecified atom stereocenters. The lowest BCUT2D eigenvalue weighted by atomic mass is 10.0. The zero-order valence-corrected chi connectivity index (χ0v) is 10.7. The lowest BCUT2D eigenvalue weighted by Crippen LogP contribution is -2.28. The van der Waals surface area contributed by atoms with Gasteiger partial charge in [0.05, 0.1) is 6.54 Å². The van der Waals surface area contributed by atoms with Crippen molar-refractivity contribution in [1.82, 2.24) is 5.32 Å². The predicted molar refractivity (Wildman–Crippen MR) is 72.7 cm³/mol. The first-order chi connectivity index (χ1) is 9.58. The predicted octanol–water partition coefficient (Wildman–Crippen LogP) is 2.21. The average molecular weight is 276 g/mol. The van der Waals surface area contributed by atoms with E-state index in [1.165, 1.54) is 12.1 Å². The lowest BCUT2D eigenvalue weighted by Gasteiger charge is -2.06. The van der Waals surface area contributed by atoms with Crippen molar-refractivity contribution in [3.8, 4) is 11.1 Å². The van der Waals surface area contributed by atoms with E-state index < -0.39 is 17.5 Å². The van der Waals surface area contributed by atoms with Crippen LogP contribution in [0.2, 0.25) is 0 Å². The fourth-order valence-electron chi connectivity index (χ4n) is 1.86. The van der Waals surface area contributed by atoms with E-state index in [0.29, 0.717) is 12.1 Å². The highest BCUT2D eigenvalue weighted by Crippen LogP contribution is 2.24. The fraction of sp³-hybridized carbons (Fsp3) is 0.133. The van der Waals surface area contributed by atoms with Gasteiger partial charge >= 0.3 is 0 Å². The van der Waals surface area contributed by atoms with E-state index >= 15 is 0 Å². The maximum Gasteiger partial charge on any atom is 0.231 e. The first kappa shape index (κ1) is 14.1. The molecule has 0 bridgehead atoms. The zero-order valence-electron chi connectivity index (χ0n) is 10.7. The van der Waals surface area contributed by atoms with Crippen molar-refractivity contribution in [3.05, 3.63) is 59.7 Å². The molecule has 0 atom stereocenters. The molecule has 0 saturated heterocycles. The van der Waals surface area contributed by atoms with Crippen LogP contribution in [-0.2, 0) is 11.3 Å². The summed E-state index contributed by atoms with van der Waals surface area (Å²) < 4.78 is 26.8. The molecule has 0 fully saturated rings. The quantitative estimate of drug-likeness (QED) is 0.879. The van der Waals surface area contributed by atoms with E-state index in [9.17, 15) is 13.6 Å². The molecular formula is C15H14F2N2O. The molecule has 2 aromatic rings. The van der Waals surface area contributed by atoms with Crippen LogP contribution in [0.15, 0.2) is 42.5 Å². The average Bonchev–Trinajstić information content (AvgIpc) is 2.42. The van der Waals surface area contributed by atoms with Crippen molar-refractivity contribution in [1.29, 1.82) is 0 Å². The van der Waals surface area contributed by atoms with Crippen LogP contribution in [0.3, 0.4) is 0 Å². The molecule has 104 valence electrons. The number of nitrogens with one attached hydrogen (secondary N) is 1. The van der Waals surface area contributed by atoms with Crippen LogP contribution < -0.4 is 11.1 Å². The van der Waals surface area contributed by atoms with Crippen molar-refractivity contribution in [3.63, 3.8) is 0 Å². The van der Waals surface area contributed by atoms with Gasteiger partial charge in [-0.05, 0) is 17.2 Å². The molecule has 3 N–H and O–H groups in total. The standard InChI is InChI=1S/C15H14F2N2O/c16-13-3-1-2-12(15(13)17)11-6-4-10(5-7-11)8-19-9-14(18)20/h1-7,19H,8-9H2,(H2,18,20). The van der Waals surface area contributed by atoms with Gasteiger partial charge < -0.3 is 11.1 Å². The van der Waals surface area contributed by atoms with Gasteiger partial charge in [0, 0.05) is 12.1 Å². The van der Waals surface area contributed by atoms with Gasteiger partial charge in [0.2, 0.25) is 5.91 Å². The summed E-state index contributed by atoms with van der Waals surface area (Å²) in [7, 11) is 0. The third kappa shape index (κ3) is 3.39. The summed E-state index contributed by atoms with van der Waals surface area (Å²) in [4.78, 5) is 10.6. The SMILES string of the molecule is NC(=O)CNCc1ccc(-c2cccc(F)c2F)cc1. The Hall–Kier alpha value is -2.27. The normalized spacial score (nSPS) is 10.5. The topological polar surface area (TPSA) is 55.1 Å². The molecule has 0 aliphatic rings. The van der Waals surface area contributed by atoms with Crippen LogP contribution in [0, 0.1) is 11.6 Å². The van der Waals surface area contributed by atoms with E-state index in [1.54, 1.807) is 24.3 Å². The summed E-state index contributed by atoms with van der Waals surface area (Å²) in [6, 6.07) is 11.1. The molecule has 0 aliphatic carbocycles. The molecule has 5 heteroatoms. The Morgan fingerprint density at radius 3 is 2.45 bits per heavy atom. The second-order valence-electron chi connectivity index (χ2n) is 4.37. The maximum atomic E-state index is 13.6. The van der Waals surface area contributed by atoms with Gasteiger partial charge in [-0.15, -0.1) is 0 Å². The molecule has 0 radical (unpaired) electrons. The van der Waals surface area contributed by atoms with Crippen LogP contribution in [-0.4, -0.2) is 12.5 Å². The largest absolute Gasteiger partial charge is 0.369 e. The van der Waals surface area contributed by atoms with Gasteiger partial charge in [-0.3, -0.25) is 4.79 Å². The fourth-order valence-corrected chi connectivity index (χ4v) is 1.86. The van der Waals surface area contributed by atoms with Gasteiger partial charge in [0.1, 0.15) is 0 Å². The molecule has 0 spiro atoms. The Kier molecular flexibility index (Phi) is 4.42. The van der Waals surface area contributed by atoms with Crippen molar-refractivity contribution < 1.29 is 13.6 Å². The molecule has 2 aromatic carbocycles. The van der Waals surface area contributed by atoms with Gasteiger partial charge in [0.15, 0.2) is 11.6 Å². The summed E-state index contributed by atoms with van der Waals surface area (Å²) >= 11 is 0. The second-order valence-corrected chi connectivity index (χ2v) is 4.37. The maximum absolute atomic E-state index is 13.6. The highest BCUT2D eigenvalue weighted by atomic mass is 19.2. The number of benzene rings is 2. The minimum Gasteiger partial charge on any atom is -0.369 e. The molecular weight excluding hydrogens is 262 g/mol. The first-order valence-corrected chi connectivity index (χ1v) is 6.10. The van der Waals surface area contributed by atoms with Crippen LogP contribution in [0.4, 0.5) is 8.78 Å². The number of rotatable bonds is 5. The number of carbonyl (C=O) groups is 1. The molecule has 0 heterocycles. The van der Waals surface area contributed by atoms with Gasteiger partial charge in [-0.1, -0.05) is 36.4 Å². The van der Waals surface area contributed by atoms with E-state index in [-0.39, 0.29) is 12.1 Å². The number of carbonyl (C=O) groups excluding carboxylic acids is 1. The van der Waals surface area contributed by atoms with Gasteiger partial charge in [0.25, 0.3) is 0 Å². The number of hydrogen-bond donors (Lipinski definition) is 2. The third-order valence-corrected chi connectivity index (χ3v) is 2.84. The number of halogens is 2. The Morgan fingerprint density at radius 2 is 1.80 bits per heavy atom. The zero-order chi connectivity index (χ0) is 14.5. The van der Waals surface area contributed by atoms with Crippen LogP contribution in [0.25, 0.3) is 11.1 Å². The summed E-state index contributed by atoms with van der Waals surface area (Å²) in [5, 5.41) is 2.87. The van der Waals surface area contributed by atoms with Crippen molar-refractivity contribution in [2.24, 2.45) is 5.73 Å². The summed E-state index contributed by atoms with van der Waals surface area (Å²) in [5.74, 6) is -2.15. The van der Waals surface area contributed by atoms with E-state index in [0.717, 1.165) is 11.6 Å². The lowest BCUT2D eigenvalue weighted by molar-refractivity contribution is -0.117. The Balaban J connectivity index is 2.12. The smallest absolute Gasteiger partial charge is 0.231 e. The molecule has 0 saturated carbocycles. The summed E-state index contributed by atoms with van der Waals surface area (Å²) in [6.45, 7) is 0.579. The van der Waals surface area contributed by atoms with Crippen LogP contribution in [0.5, 0.6) is 0 Å². The van der Waals surface area contributed by atoms with Crippen LogP contribution in [0.1, 0.15) is 5.56 Å². The highest BCUT2D eigenvalue weighted by Gasteiger charge is 2.09. The van der Waals surface area contributed by atoms with E-state index in [2.05, 4.69) is 5.32 Å². The van der Waals surface area contributed by atoms with E-state index in [1.807, 2.05) is 0 Å². The second kappa shape index (κ2) is 6.25. The molecule has 0 aromatic heterocycles. The van der Waals surface area contributed by atoms with Gasteiger partial charge in [-0.2, -0.15) is 0 Å². The number of hydrogen-bond acceptors (Lipinski definition) is 2. The van der Waals surface area contributed by atoms with Crippen molar-refractivity contribution >= 4 is 5.91 Å². The summed E-state index contributed by atoms with van der Waals surface area (Å²) in [6.07, 6.45) is 0. The van der Waals surface area contributed by atoms with Crippen molar-refractivity contribution in [2.45, 2.75) is 6.54 Å². The summed E-state index contributed by atoms with van der Waals surface area (Å²) in [5.41, 5.74) is 6.75. The Labute approximate surface area is 115 Å². The third-order valence-electron chi connectivity index (χ3n) is 2.84. The first-order valence-electron chi connectivity index (χ1n) is 6.10. The molecule has 2 rings (SSSR count). The van der Waals surface area contributed by atoms with Crippen LogP contribution >= 0.6 is 0 Å². The monoisotopic (exact) mass is 276 g/mol. The molecule has 0 aliphatic heterocycles. The molecule has 1 amide bonds. The molecule has 3 nitrogen and oxygen atoms in total. The van der Waals surface area contributed by atoms with Gasteiger partial charge in [-0.25, -0.2) is 8.78 Å². The Bertz CT molecular complexity index is 612. The van der Waals surface area contributed by atoms with E-state index in [4.69, 9.17) is 5.73 Å². The molecule has 20 heavy (non-hydrogen) atoms. The minimum atomic E-state index is -0.866.